The number of fused-ring (bicyclic) bond motifs is 1. The molecule has 0 N–H and O–H groups in total. The Bertz CT molecular complexity index is 890. The first-order chi connectivity index (χ1) is 12.2. The SMILES string of the molecule is Cc1nccn1CC(=O)N1CCN(c2cncc3ccccc23)CC1. The molecule has 0 unspecified atom stereocenters. The summed E-state index contributed by atoms with van der Waals surface area (Å²) >= 11 is 0. The normalized spacial score (nSPS) is 14.9. The fraction of sp³-hybridized carbons (Fsp3) is 0.316. The highest BCUT2D eigenvalue weighted by Gasteiger charge is 2.22. The Hall–Kier alpha value is -2.89. The van der Waals surface area contributed by atoms with Gasteiger partial charge in [-0.25, -0.2) is 4.98 Å². The lowest BCUT2D eigenvalue weighted by Gasteiger charge is -2.36. The number of hydrogen-bond donors (Lipinski definition) is 0. The summed E-state index contributed by atoms with van der Waals surface area (Å²) < 4.78 is 1.89. The van der Waals surface area contributed by atoms with E-state index in [1.807, 2.05) is 41.0 Å². The van der Waals surface area contributed by atoms with Crippen molar-refractivity contribution >= 4 is 22.4 Å². The number of nitrogens with zero attached hydrogens (tertiary/aromatic N) is 5. The molecule has 4 rings (SSSR count). The average molecular weight is 335 g/mol. The Morgan fingerprint density at radius 1 is 1.12 bits per heavy atom. The van der Waals surface area contributed by atoms with E-state index in [4.69, 9.17) is 0 Å². The van der Waals surface area contributed by atoms with Gasteiger partial charge in [0.05, 0.1) is 11.9 Å². The molecular formula is C19H21N5O. The molecule has 25 heavy (non-hydrogen) atoms. The first-order valence-electron chi connectivity index (χ1n) is 8.55. The van der Waals surface area contributed by atoms with Gasteiger partial charge >= 0.3 is 0 Å². The molecule has 0 aliphatic carbocycles. The molecule has 6 heteroatoms. The zero-order chi connectivity index (χ0) is 17.2. The molecule has 1 aliphatic heterocycles. The van der Waals surface area contributed by atoms with Crippen LogP contribution in [-0.4, -0.2) is 51.5 Å². The molecule has 0 bridgehead atoms. The summed E-state index contributed by atoms with van der Waals surface area (Å²) in [4.78, 5) is 25.3. The van der Waals surface area contributed by atoms with Crippen LogP contribution in [-0.2, 0) is 11.3 Å². The topological polar surface area (TPSA) is 54.3 Å². The van der Waals surface area contributed by atoms with Crippen LogP contribution < -0.4 is 4.90 Å². The molecule has 0 saturated carbocycles. The van der Waals surface area contributed by atoms with Crippen LogP contribution >= 0.6 is 0 Å². The summed E-state index contributed by atoms with van der Waals surface area (Å²) in [6.45, 7) is 5.39. The number of anilines is 1. The molecular weight excluding hydrogens is 314 g/mol. The predicted octanol–water partition coefficient (Wildman–Crippen LogP) is 2.09. The van der Waals surface area contributed by atoms with Crippen LogP contribution in [0.15, 0.2) is 49.1 Å². The molecule has 3 heterocycles. The lowest BCUT2D eigenvalue weighted by Crippen LogP contribution is -2.49. The highest BCUT2D eigenvalue weighted by molar-refractivity contribution is 5.93. The summed E-state index contributed by atoms with van der Waals surface area (Å²) in [5.41, 5.74) is 1.15. The largest absolute Gasteiger partial charge is 0.366 e. The Morgan fingerprint density at radius 3 is 2.68 bits per heavy atom. The quantitative estimate of drug-likeness (QED) is 0.735. The van der Waals surface area contributed by atoms with Crippen molar-refractivity contribution in [2.24, 2.45) is 0 Å². The van der Waals surface area contributed by atoms with Crippen molar-refractivity contribution in [2.75, 3.05) is 31.1 Å². The van der Waals surface area contributed by atoms with Crippen LogP contribution in [0.1, 0.15) is 5.82 Å². The van der Waals surface area contributed by atoms with Gasteiger partial charge in [0.1, 0.15) is 12.4 Å². The molecule has 1 amide bonds. The van der Waals surface area contributed by atoms with Crippen LogP contribution in [0.25, 0.3) is 10.8 Å². The standard InChI is InChI=1S/C19H21N5O/c1-15-21-6-7-24(15)14-19(25)23-10-8-22(9-11-23)18-13-20-12-16-4-2-3-5-17(16)18/h2-7,12-13H,8-11,14H2,1H3. The number of piperazine rings is 1. The minimum Gasteiger partial charge on any atom is -0.366 e. The fourth-order valence-corrected chi connectivity index (χ4v) is 3.37. The number of hydrogen-bond acceptors (Lipinski definition) is 4. The minimum absolute atomic E-state index is 0.150. The highest BCUT2D eigenvalue weighted by Crippen LogP contribution is 2.26. The summed E-state index contributed by atoms with van der Waals surface area (Å²) in [5, 5.41) is 2.36. The van der Waals surface area contributed by atoms with Gasteiger partial charge in [0, 0.05) is 55.5 Å². The lowest BCUT2D eigenvalue weighted by atomic mass is 10.1. The summed E-state index contributed by atoms with van der Waals surface area (Å²) in [6, 6.07) is 8.30. The molecule has 3 aromatic rings. The Balaban J connectivity index is 1.44. The van der Waals surface area contributed by atoms with E-state index >= 15 is 0 Å². The molecule has 1 aliphatic rings. The van der Waals surface area contributed by atoms with Crippen LogP contribution in [0.2, 0.25) is 0 Å². The fourth-order valence-electron chi connectivity index (χ4n) is 3.37. The first-order valence-corrected chi connectivity index (χ1v) is 8.55. The highest BCUT2D eigenvalue weighted by atomic mass is 16.2. The molecule has 0 atom stereocenters. The van der Waals surface area contributed by atoms with Crippen LogP contribution in [0.4, 0.5) is 5.69 Å². The smallest absolute Gasteiger partial charge is 0.242 e. The second-order valence-corrected chi connectivity index (χ2v) is 6.35. The van der Waals surface area contributed by atoms with Crippen LogP contribution in [0.3, 0.4) is 0 Å². The van der Waals surface area contributed by atoms with Crippen molar-refractivity contribution in [3.8, 4) is 0 Å². The number of benzene rings is 1. The number of amides is 1. The van der Waals surface area contributed by atoms with E-state index in [2.05, 4.69) is 33.1 Å². The van der Waals surface area contributed by atoms with E-state index in [9.17, 15) is 4.79 Å². The number of aryl methyl sites for hydroxylation is 1. The Labute approximate surface area is 146 Å². The van der Waals surface area contributed by atoms with Crippen molar-refractivity contribution in [1.29, 1.82) is 0 Å². The van der Waals surface area contributed by atoms with E-state index in [0.29, 0.717) is 6.54 Å². The van der Waals surface area contributed by atoms with Gasteiger partial charge in [0.25, 0.3) is 0 Å². The molecule has 1 aromatic carbocycles. The maximum Gasteiger partial charge on any atom is 0.242 e. The average Bonchev–Trinajstić information content (AvgIpc) is 3.06. The third-order valence-electron chi connectivity index (χ3n) is 4.85. The predicted molar refractivity (Wildman–Crippen MR) is 97.5 cm³/mol. The van der Waals surface area contributed by atoms with E-state index < -0.39 is 0 Å². The number of aromatic nitrogens is 3. The van der Waals surface area contributed by atoms with Gasteiger partial charge in [0.2, 0.25) is 5.91 Å². The van der Waals surface area contributed by atoms with Crippen molar-refractivity contribution < 1.29 is 4.79 Å². The zero-order valence-corrected chi connectivity index (χ0v) is 14.3. The van der Waals surface area contributed by atoms with E-state index in [-0.39, 0.29) is 5.91 Å². The van der Waals surface area contributed by atoms with Gasteiger partial charge in [-0.05, 0) is 6.92 Å². The molecule has 6 nitrogen and oxygen atoms in total. The lowest BCUT2D eigenvalue weighted by molar-refractivity contribution is -0.132. The van der Waals surface area contributed by atoms with E-state index in [1.165, 1.54) is 5.39 Å². The zero-order valence-electron chi connectivity index (χ0n) is 14.3. The second kappa shape index (κ2) is 6.55. The maximum atomic E-state index is 12.5. The van der Waals surface area contributed by atoms with Gasteiger partial charge in [-0.2, -0.15) is 0 Å². The van der Waals surface area contributed by atoms with Crippen molar-refractivity contribution in [3.63, 3.8) is 0 Å². The number of rotatable bonds is 3. The third-order valence-corrected chi connectivity index (χ3v) is 4.85. The minimum atomic E-state index is 0.150. The Kier molecular flexibility index (Phi) is 4.09. The van der Waals surface area contributed by atoms with Crippen molar-refractivity contribution in [3.05, 3.63) is 54.9 Å². The molecule has 1 saturated heterocycles. The van der Waals surface area contributed by atoms with Gasteiger partial charge in [-0.1, -0.05) is 24.3 Å². The van der Waals surface area contributed by atoms with Gasteiger partial charge in [-0.15, -0.1) is 0 Å². The Morgan fingerprint density at radius 2 is 1.92 bits per heavy atom. The second-order valence-electron chi connectivity index (χ2n) is 6.35. The summed E-state index contributed by atoms with van der Waals surface area (Å²) in [6.07, 6.45) is 7.40. The molecule has 2 aromatic heterocycles. The van der Waals surface area contributed by atoms with Gasteiger partial charge < -0.3 is 14.4 Å². The summed E-state index contributed by atoms with van der Waals surface area (Å²) in [7, 11) is 0. The van der Waals surface area contributed by atoms with Gasteiger partial charge in [0.15, 0.2) is 0 Å². The van der Waals surface area contributed by atoms with Crippen molar-refractivity contribution in [2.45, 2.75) is 13.5 Å². The van der Waals surface area contributed by atoms with Crippen molar-refractivity contribution in [1.82, 2.24) is 19.4 Å². The van der Waals surface area contributed by atoms with E-state index in [0.717, 1.165) is 43.1 Å². The molecule has 1 fully saturated rings. The molecule has 0 spiro atoms. The third kappa shape index (κ3) is 3.07. The molecule has 128 valence electrons. The number of carbonyl (C=O) groups excluding carboxylic acids is 1. The van der Waals surface area contributed by atoms with Gasteiger partial charge in [-0.3, -0.25) is 9.78 Å². The number of carbonyl (C=O) groups is 1. The summed E-state index contributed by atoms with van der Waals surface area (Å²) in [5.74, 6) is 1.02. The van der Waals surface area contributed by atoms with Crippen LogP contribution in [0.5, 0.6) is 0 Å². The molecule has 0 radical (unpaired) electrons. The monoisotopic (exact) mass is 335 g/mol. The first kappa shape index (κ1) is 15.6. The van der Waals surface area contributed by atoms with Crippen LogP contribution in [0, 0.1) is 6.92 Å². The maximum absolute atomic E-state index is 12.5. The van der Waals surface area contributed by atoms with E-state index in [1.54, 1.807) is 6.20 Å². The number of pyridine rings is 1. The number of imidazole rings is 1.